The Kier molecular flexibility index (Phi) is 8.66. The monoisotopic (exact) mass is 796 g/mol. The minimum Gasteiger partial charge on any atom is -0.314 e. The van der Waals surface area contributed by atoms with Crippen molar-refractivity contribution in [1.82, 2.24) is 0 Å². The zero-order valence-corrected chi connectivity index (χ0v) is 39.3. The van der Waals surface area contributed by atoms with Gasteiger partial charge >= 0.3 is 0 Å². The molecule has 53 heavy (non-hydrogen) atoms. The maximum atomic E-state index is 14.5. The molecule has 0 saturated heterocycles. The van der Waals surface area contributed by atoms with Gasteiger partial charge in [-0.25, -0.2) is 0 Å². The summed E-state index contributed by atoms with van der Waals surface area (Å²) in [5.41, 5.74) is 9.72. The standard InChI is InChI=1S/2C22H32O2P2.CH4/c2*1-11-15(5)25(23)17(7)21(11,9)13(3)19(25)20-14(4)22(10)12(2)16(6)26(20,24)18(22)8;/h2*17-18H,1-10H3;1H4/t2*17?,18?,21-,22-,25+,26+;/m10./s1. The van der Waals surface area contributed by atoms with Crippen molar-refractivity contribution in [3.8, 4) is 0 Å². The molecule has 0 fully saturated rings. The second-order valence-corrected chi connectivity index (χ2v) is 31.7. The van der Waals surface area contributed by atoms with E-state index in [2.05, 4.69) is 138 Å². The third kappa shape index (κ3) is 3.63. The molecule has 0 aromatic carbocycles. The first kappa shape index (κ1) is 41.5. The topological polar surface area (TPSA) is 68.3 Å². The van der Waals surface area contributed by atoms with Crippen molar-refractivity contribution in [3.05, 3.63) is 87.1 Å². The van der Waals surface area contributed by atoms with Gasteiger partial charge in [0.05, 0.1) is 0 Å². The van der Waals surface area contributed by atoms with Crippen LogP contribution in [0.5, 0.6) is 0 Å². The normalized spacial score (nSPS) is 49.3. The Morgan fingerprint density at radius 2 is 0.453 bits per heavy atom. The maximum Gasteiger partial charge on any atom is 0.143 e. The van der Waals surface area contributed by atoms with Gasteiger partial charge in [0.25, 0.3) is 0 Å². The van der Waals surface area contributed by atoms with E-state index in [1.165, 1.54) is 44.6 Å². The number of hydrogen-bond donors (Lipinski definition) is 0. The van der Waals surface area contributed by atoms with Gasteiger partial charge in [0.15, 0.2) is 0 Å². The first-order valence-electron chi connectivity index (χ1n) is 19.5. The zero-order chi connectivity index (χ0) is 39.5. The zero-order valence-electron chi connectivity index (χ0n) is 35.7. The fourth-order valence-corrected chi connectivity index (χ4v) is 32.7. The SMILES string of the molecule is C.CC1=C(C)[P@@]2(=O)C(C3=C(C)[C@@]4(C)C(C)=C(C)[P@]3(=O)C4C)=C(C)[C@]1(C)C2C.CC1=C(C)[P@]2(=O)C(C3=C(C)[C@]4(C)C(C)=C(C)[P@@]3(=O)C4C)=C(C)[C@@]1(C)C2C. The van der Waals surface area contributed by atoms with Crippen LogP contribution in [0.2, 0.25) is 0 Å². The first-order chi connectivity index (χ1) is 23.5. The molecule has 4 unspecified atom stereocenters. The highest BCUT2D eigenvalue weighted by Crippen LogP contribution is 2.93. The largest absolute Gasteiger partial charge is 0.314 e. The van der Waals surface area contributed by atoms with Crippen molar-refractivity contribution in [2.75, 3.05) is 0 Å². The molecule has 0 aromatic rings. The lowest BCUT2D eigenvalue weighted by molar-refractivity contribution is 0.477. The molecule has 0 amide bonds. The number of fused-ring (bicyclic) bond motifs is 8. The van der Waals surface area contributed by atoms with Gasteiger partial charge in [0, 0.05) is 65.6 Å². The summed E-state index contributed by atoms with van der Waals surface area (Å²) in [5.74, 6) is 0. The molecule has 0 aliphatic carbocycles. The fraction of sp³-hybridized carbons (Fsp3) is 0.644. The third-order valence-corrected chi connectivity index (χ3v) is 36.1. The highest BCUT2D eigenvalue weighted by molar-refractivity contribution is 7.80. The quantitative estimate of drug-likeness (QED) is 0.261. The molecule has 8 aliphatic heterocycles. The molecule has 0 saturated carbocycles. The van der Waals surface area contributed by atoms with Gasteiger partial charge in [-0.15, -0.1) is 0 Å². The van der Waals surface area contributed by atoms with Crippen LogP contribution >= 0.6 is 28.6 Å². The molecule has 8 bridgehead atoms. The Labute approximate surface area is 322 Å². The summed E-state index contributed by atoms with van der Waals surface area (Å²) in [6.07, 6.45) is 0. The summed E-state index contributed by atoms with van der Waals surface area (Å²) >= 11 is 0. The van der Waals surface area contributed by atoms with Crippen molar-refractivity contribution < 1.29 is 18.3 Å². The summed E-state index contributed by atoms with van der Waals surface area (Å²) in [6.45, 7) is 43.0. The molecule has 4 nitrogen and oxygen atoms in total. The molecule has 8 heteroatoms. The Bertz CT molecular complexity index is 2040. The van der Waals surface area contributed by atoms with E-state index >= 15 is 0 Å². The lowest BCUT2D eigenvalue weighted by Crippen LogP contribution is -2.24. The van der Waals surface area contributed by atoms with E-state index in [9.17, 15) is 18.3 Å². The molecule has 0 N–H and O–H groups in total. The smallest absolute Gasteiger partial charge is 0.143 e. The Morgan fingerprint density at radius 3 is 0.566 bits per heavy atom. The summed E-state index contributed by atoms with van der Waals surface area (Å²) in [6, 6.07) is 0. The summed E-state index contributed by atoms with van der Waals surface area (Å²) < 4.78 is 58.0. The van der Waals surface area contributed by atoms with Crippen LogP contribution in [0.3, 0.4) is 0 Å². The van der Waals surface area contributed by atoms with Crippen LogP contribution in [0.25, 0.3) is 0 Å². The summed E-state index contributed by atoms with van der Waals surface area (Å²) in [7, 11) is -10.8. The average Bonchev–Trinajstić information content (AvgIpc) is 3.68. The molecular formula is C45H68O4P4. The van der Waals surface area contributed by atoms with E-state index in [0.717, 1.165) is 42.5 Å². The van der Waals surface area contributed by atoms with Crippen LogP contribution in [-0.4, -0.2) is 22.6 Å². The molecule has 12 atom stereocenters. The number of rotatable bonds is 2. The summed E-state index contributed by atoms with van der Waals surface area (Å²) in [4.78, 5) is 0. The molecule has 292 valence electrons. The van der Waals surface area contributed by atoms with E-state index in [1.54, 1.807) is 0 Å². The van der Waals surface area contributed by atoms with Gasteiger partial charge in [-0.2, -0.15) is 0 Å². The molecule has 0 radical (unpaired) electrons. The Hall–Kier alpha value is -1.16. The number of hydrogen-bond acceptors (Lipinski definition) is 4. The van der Waals surface area contributed by atoms with Crippen LogP contribution in [-0.2, 0) is 18.3 Å². The van der Waals surface area contributed by atoms with Crippen molar-refractivity contribution in [1.29, 1.82) is 0 Å². The molecule has 8 aliphatic rings. The van der Waals surface area contributed by atoms with Crippen LogP contribution < -0.4 is 0 Å². The van der Waals surface area contributed by atoms with E-state index < -0.39 is 28.6 Å². The highest BCUT2D eigenvalue weighted by atomic mass is 31.2. The van der Waals surface area contributed by atoms with Gasteiger partial charge in [-0.05, 0) is 104 Å². The van der Waals surface area contributed by atoms with Gasteiger partial charge in [-0.3, -0.25) is 0 Å². The minimum absolute atomic E-state index is 0. The molecule has 8 heterocycles. The fourth-order valence-electron chi connectivity index (χ4n) is 13.5. The van der Waals surface area contributed by atoms with E-state index in [0.29, 0.717) is 0 Å². The van der Waals surface area contributed by atoms with Crippen LogP contribution in [0.15, 0.2) is 87.1 Å². The third-order valence-electron chi connectivity index (χ3n) is 19.1. The van der Waals surface area contributed by atoms with Crippen molar-refractivity contribution in [3.63, 3.8) is 0 Å². The van der Waals surface area contributed by atoms with Crippen LogP contribution in [0.4, 0.5) is 0 Å². The first-order valence-corrected chi connectivity index (χ1v) is 26.6. The van der Waals surface area contributed by atoms with E-state index in [4.69, 9.17) is 0 Å². The molecule has 0 aromatic heterocycles. The van der Waals surface area contributed by atoms with Crippen LogP contribution in [0.1, 0.15) is 146 Å². The molecule has 0 spiro atoms. The minimum atomic E-state index is -2.70. The van der Waals surface area contributed by atoms with Crippen molar-refractivity contribution in [2.45, 2.75) is 169 Å². The van der Waals surface area contributed by atoms with E-state index in [1.807, 2.05) is 0 Å². The average molecular weight is 797 g/mol. The van der Waals surface area contributed by atoms with Gasteiger partial charge in [0.1, 0.15) is 28.6 Å². The second-order valence-electron chi connectivity index (χ2n) is 18.9. The highest BCUT2D eigenvalue weighted by Gasteiger charge is 2.70. The van der Waals surface area contributed by atoms with Crippen molar-refractivity contribution >= 4 is 28.6 Å². The second kappa shape index (κ2) is 11.1. The lowest BCUT2D eigenvalue weighted by atomic mass is 9.72. The predicted octanol–water partition coefficient (Wildman–Crippen LogP) is 16.0. The van der Waals surface area contributed by atoms with Gasteiger partial charge in [-0.1, -0.05) is 107 Å². The lowest BCUT2D eigenvalue weighted by Gasteiger charge is -2.32. The van der Waals surface area contributed by atoms with Crippen molar-refractivity contribution in [2.24, 2.45) is 21.7 Å². The molecule has 8 rings (SSSR count). The Morgan fingerprint density at radius 1 is 0.321 bits per heavy atom. The number of allylic oxidation sites excluding steroid dienone is 16. The Balaban J connectivity index is 0.000000178. The van der Waals surface area contributed by atoms with Gasteiger partial charge in [0.2, 0.25) is 0 Å². The van der Waals surface area contributed by atoms with E-state index in [-0.39, 0.29) is 51.7 Å². The maximum absolute atomic E-state index is 14.5. The van der Waals surface area contributed by atoms with Crippen LogP contribution in [0, 0.1) is 21.7 Å². The summed E-state index contributed by atoms with van der Waals surface area (Å²) in [5, 5.41) is 8.27. The van der Waals surface area contributed by atoms with Gasteiger partial charge < -0.3 is 18.3 Å². The predicted molar refractivity (Wildman–Crippen MR) is 232 cm³/mol. The molecular weight excluding hydrogens is 728 g/mol.